The van der Waals surface area contributed by atoms with Gasteiger partial charge in [-0.3, -0.25) is 19.2 Å². The first kappa shape index (κ1) is 28.3. The van der Waals surface area contributed by atoms with Crippen LogP contribution in [0, 0.1) is 5.92 Å². The minimum absolute atomic E-state index is 0.0308. The van der Waals surface area contributed by atoms with Gasteiger partial charge in [-0.1, -0.05) is 13.8 Å². The SMILES string of the molecule is CC(C)CC(NC(=O)C(CCCCN)NC(=O)C1CCCN1)C(=O)NC(CC(=O)O)C(=O)O. The van der Waals surface area contributed by atoms with Crippen LogP contribution in [-0.2, 0) is 24.0 Å². The summed E-state index contributed by atoms with van der Waals surface area (Å²) in [6.07, 6.45) is 2.51. The summed E-state index contributed by atoms with van der Waals surface area (Å²) in [5.74, 6) is -4.55. The summed E-state index contributed by atoms with van der Waals surface area (Å²) >= 11 is 0. The van der Waals surface area contributed by atoms with E-state index >= 15 is 0 Å². The molecular formula is C21H37N5O7. The number of amides is 3. The van der Waals surface area contributed by atoms with E-state index < -0.39 is 48.3 Å². The van der Waals surface area contributed by atoms with Gasteiger partial charge in [-0.25, -0.2) is 4.79 Å². The lowest BCUT2D eigenvalue weighted by Gasteiger charge is -2.26. The molecule has 0 radical (unpaired) electrons. The molecule has 1 heterocycles. The first-order chi connectivity index (χ1) is 15.5. The zero-order valence-corrected chi connectivity index (χ0v) is 19.3. The number of carboxylic acids is 2. The Morgan fingerprint density at radius 3 is 2.12 bits per heavy atom. The highest BCUT2D eigenvalue weighted by molar-refractivity contribution is 5.94. The molecular weight excluding hydrogens is 434 g/mol. The maximum Gasteiger partial charge on any atom is 0.326 e. The van der Waals surface area contributed by atoms with Crippen LogP contribution in [0.4, 0.5) is 0 Å². The molecule has 12 nitrogen and oxygen atoms in total. The molecule has 0 aliphatic carbocycles. The van der Waals surface area contributed by atoms with Gasteiger partial charge in [-0.05, 0) is 57.5 Å². The van der Waals surface area contributed by atoms with Gasteiger partial charge in [0.1, 0.15) is 18.1 Å². The summed E-state index contributed by atoms with van der Waals surface area (Å²) in [7, 11) is 0. The number of hydrogen-bond donors (Lipinski definition) is 7. The fourth-order valence-corrected chi connectivity index (χ4v) is 3.56. The van der Waals surface area contributed by atoms with Crippen LogP contribution in [0.3, 0.4) is 0 Å². The molecule has 0 spiro atoms. The van der Waals surface area contributed by atoms with Crippen LogP contribution in [0.15, 0.2) is 0 Å². The van der Waals surface area contributed by atoms with Crippen LogP contribution in [0.25, 0.3) is 0 Å². The largest absolute Gasteiger partial charge is 0.481 e. The van der Waals surface area contributed by atoms with E-state index in [4.69, 9.17) is 10.8 Å². The van der Waals surface area contributed by atoms with Gasteiger partial charge < -0.3 is 37.2 Å². The first-order valence-electron chi connectivity index (χ1n) is 11.3. The third kappa shape index (κ3) is 10.6. The number of carbonyl (C=O) groups excluding carboxylic acids is 3. The summed E-state index contributed by atoms with van der Waals surface area (Å²) in [6, 6.07) is -3.98. The summed E-state index contributed by atoms with van der Waals surface area (Å²) in [5, 5.41) is 28.7. The van der Waals surface area contributed by atoms with Crippen LogP contribution in [0.1, 0.15) is 58.8 Å². The molecule has 4 unspecified atom stereocenters. The topological polar surface area (TPSA) is 200 Å². The van der Waals surface area contributed by atoms with Gasteiger partial charge in [0.05, 0.1) is 12.5 Å². The second-order valence-corrected chi connectivity index (χ2v) is 8.68. The number of aliphatic carboxylic acids is 2. The second-order valence-electron chi connectivity index (χ2n) is 8.68. The highest BCUT2D eigenvalue weighted by Gasteiger charge is 2.32. The van der Waals surface area contributed by atoms with E-state index in [-0.39, 0.29) is 24.3 Å². The molecule has 1 rings (SSSR count). The van der Waals surface area contributed by atoms with Crippen molar-refractivity contribution in [1.29, 1.82) is 0 Å². The maximum atomic E-state index is 13.0. The molecule has 3 amide bonds. The molecule has 1 saturated heterocycles. The smallest absolute Gasteiger partial charge is 0.326 e. The van der Waals surface area contributed by atoms with E-state index in [0.717, 1.165) is 13.0 Å². The Labute approximate surface area is 193 Å². The molecule has 1 aliphatic rings. The minimum Gasteiger partial charge on any atom is -0.481 e. The van der Waals surface area contributed by atoms with E-state index in [9.17, 15) is 29.1 Å². The van der Waals surface area contributed by atoms with Crippen molar-refractivity contribution in [3.8, 4) is 0 Å². The number of hydrogen-bond acceptors (Lipinski definition) is 7. The molecule has 1 fully saturated rings. The van der Waals surface area contributed by atoms with E-state index in [2.05, 4.69) is 21.3 Å². The normalized spacial score (nSPS) is 18.2. The third-order valence-electron chi connectivity index (χ3n) is 5.29. The van der Waals surface area contributed by atoms with Crippen molar-refractivity contribution in [3.05, 3.63) is 0 Å². The van der Waals surface area contributed by atoms with E-state index in [1.807, 2.05) is 13.8 Å². The van der Waals surface area contributed by atoms with E-state index in [1.54, 1.807) is 0 Å². The fraction of sp³-hybridized carbons (Fsp3) is 0.762. The molecule has 0 aromatic rings. The highest BCUT2D eigenvalue weighted by atomic mass is 16.4. The number of carbonyl (C=O) groups is 5. The zero-order chi connectivity index (χ0) is 25.0. The summed E-state index contributed by atoms with van der Waals surface area (Å²) in [6.45, 7) is 4.81. The lowest BCUT2D eigenvalue weighted by atomic mass is 10.0. The van der Waals surface area contributed by atoms with Gasteiger partial charge in [0, 0.05) is 0 Å². The Bertz CT molecular complexity index is 694. The van der Waals surface area contributed by atoms with Gasteiger partial charge in [-0.2, -0.15) is 0 Å². The molecule has 12 heteroatoms. The standard InChI is InChI=1S/C21H37N5O7/c1-12(2)10-15(20(31)26-16(21(32)33)11-17(27)28)25-19(30)14(6-3-4-8-22)24-18(29)13-7-5-9-23-13/h12-16,23H,3-11,22H2,1-2H3,(H,24,29)(H,25,30)(H,26,31)(H,27,28)(H,32,33). The Hall–Kier alpha value is -2.73. The van der Waals surface area contributed by atoms with Gasteiger partial charge in [-0.15, -0.1) is 0 Å². The molecule has 1 aliphatic heterocycles. The molecule has 0 saturated carbocycles. The fourth-order valence-electron chi connectivity index (χ4n) is 3.56. The van der Waals surface area contributed by atoms with Gasteiger partial charge in [0.25, 0.3) is 0 Å². The maximum absolute atomic E-state index is 13.0. The quantitative estimate of drug-likeness (QED) is 0.145. The number of nitrogens with two attached hydrogens (primary N) is 1. The molecule has 0 aromatic heterocycles. The van der Waals surface area contributed by atoms with Crippen LogP contribution in [0.2, 0.25) is 0 Å². The van der Waals surface area contributed by atoms with Crippen molar-refractivity contribution in [2.75, 3.05) is 13.1 Å². The van der Waals surface area contributed by atoms with Crippen molar-refractivity contribution in [3.63, 3.8) is 0 Å². The monoisotopic (exact) mass is 471 g/mol. The van der Waals surface area contributed by atoms with Gasteiger partial charge >= 0.3 is 11.9 Å². The molecule has 188 valence electrons. The van der Waals surface area contributed by atoms with Crippen molar-refractivity contribution in [2.24, 2.45) is 11.7 Å². The van der Waals surface area contributed by atoms with Crippen LogP contribution < -0.4 is 27.0 Å². The molecule has 33 heavy (non-hydrogen) atoms. The summed E-state index contributed by atoms with van der Waals surface area (Å²) in [5.41, 5.74) is 5.53. The van der Waals surface area contributed by atoms with E-state index in [1.165, 1.54) is 0 Å². The Kier molecular flexibility index (Phi) is 12.4. The predicted octanol–water partition coefficient (Wildman–Crippen LogP) is -1.07. The Morgan fingerprint density at radius 1 is 0.970 bits per heavy atom. The predicted molar refractivity (Wildman–Crippen MR) is 119 cm³/mol. The van der Waals surface area contributed by atoms with Gasteiger partial charge in [0.2, 0.25) is 17.7 Å². The Morgan fingerprint density at radius 2 is 1.61 bits per heavy atom. The molecule has 0 bridgehead atoms. The van der Waals surface area contributed by atoms with Gasteiger partial charge in [0.15, 0.2) is 0 Å². The first-order valence-corrected chi connectivity index (χ1v) is 11.3. The lowest BCUT2D eigenvalue weighted by molar-refractivity contribution is -0.147. The van der Waals surface area contributed by atoms with Crippen LogP contribution in [0.5, 0.6) is 0 Å². The summed E-state index contributed by atoms with van der Waals surface area (Å²) < 4.78 is 0. The van der Waals surface area contributed by atoms with E-state index in [0.29, 0.717) is 32.2 Å². The molecule has 8 N–H and O–H groups in total. The summed E-state index contributed by atoms with van der Waals surface area (Å²) in [4.78, 5) is 60.5. The highest BCUT2D eigenvalue weighted by Crippen LogP contribution is 2.10. The molecule has 4 atom stereocenters. The number of unbranched alkanes of at least 4 members (excludes halogenated alkanes) is 1. The third-order valence-corrected chi connectivity index (χ3v) is 5.29. The van der Waals surface area contributed by atoms with Crippen molar-refractivity contribution in [2.45, 2.75) is 83.0 Å². The Balaban J connectivity index is 2.91. The van der Waals surface area contributed by atoms with Crippen LogP contribution in [-0.4, -0.2) is 77.1 Å². The average Bonchev–Trinajstić information content (AvgIpc) is 3.26. The van der Waals surface area contributed by atoms with Crippen molar-refractivity contribution in [1.82, 2.24) is 21.3 Å². The van der Waals surface area contributed by atoms with Crippen LogP contribution >= 0.6 is 0 Å². The van der Waals surface area contributed by atoms with Crippen molar-refractivity contribution < 1.29 is 34.2 Å². The zero-order valence-electron chi connectivity index (χ0n) is 19.3. The molecule has 0 aromatic carbocycles. The number of nitrogens with one attached hydrogen (secondary N) is 4. The number of rotatable bonds is 15. The van der Waals surface area contributed by atoms with Crippen molar-refractivity contribution >= 4 is 29.7 Å². The minimum atomic E-state index is -1.63. The second kappa shape index (κ2) is 14.4. The lowest BCUT2D eigenvalue weighted by Crippen LogP contribution is -2.57. The average molecular weight is 472 g/mol. The number of carboxylic acid groups (broad SMARTS) is 2.